The maximum absolute atomic E-state index is 13.5. The molecule has 1 fully saturated rings. The van der Waals surface area contributed by atoms with Gasteiger partial charge in [0.1, 0.15) is 5.82 Å². The van der Waals surface area contributed by atoms with Crippen LogP contribution in [-0.2, 0) is 6.54 Å². The van der Waals surface area contributed by atoms with E-state index in [1.807, 2.05) is 6.07 Å². The van der Waals surface area contributed by atoms with E-state index in [1.165, 1.54) is 31.7 Å². The smallest absolute Gasteiger partial charge is 0.127 e. The van der Waals surface area contributed by atoms with E-state index in [0.29, 0.717) is 12.6 Å². The molecule has 17 heavy (non-hydrogen) atoms. The number of hydrogen-bond acceptors (Lipinski definition) is 1. The Hall–Kier alpha value is -0.410. The van der Waals surface area contributed by atoms with Crippen LogP contribution in [0.1, 0.15) is 38.2 Å². The third kappa shape index (κ3) is 3.52. The van der Waals surface area contributed by atoms with Gasteiger partial charge in [-0.3, -0.25) is 0 Å². The minimum atomic E-state index is -0.120. The van der Waals surface area contributed by atoms with Crippen molar-refractivity contribution in [2.24, 2.45) is 5.92 Å². The average molecular weight is 300 g/mol. The molecule has 0 radical (unpaired) electrons. The van der Waals surface area contributed by atoms with Gasteiger partial charge in [-0.05, 0) is 43.4 Å². The highest BCUT2D eigenvalue weighted by Gasteiger charge is 2.22. The molecule has 0 spiro atoms. The minimum Gasteiger partial charge on any atom is -0.310 e. The van der Waals surface area contributed by atoms with Crippen molar-refractivity contribution in [3.8, 4) is 0 Å². The molecule has 1 aliphatic rings. The van der Waals surface area contributed by atoms with Crippen LogP contribution >= 0.6 is 15.9 Å². The third-order valence-electron chi connectivity index (χ3n) is 3.71. The summed E-state index contributed by atoms with van der Waals surface area (Å²) in [4.78, 5) is 0. The zero-order valence-electron chi connectivity index (χ0n) is 10.2. The summed E-state index contributed by atoms with van der Waals surface area (Å²) in [6.45, 7) is 2.88. The summed E-state index contributed by atoms with van der Waals surface area (Å²) < 4.78 is 14.5. The Kier molecular flexibility index (Phi) is 4.57. The lowest BCUT2D eigenvalue weighted by Gasteiger charge is -2.13. The standard InChI is InChI=1S/C14H19BrFN/c1-2-10-3-5-13(7-10)17-9-11-8-12(15)4-6-14(11)16/h4,6,8,10,13,17H,2-3,5,7,9H2,1H3. The average Bonchev–Trinajstić information content (AvgIpc) is 2.78. The molecule has 0 aromatic heterocycles. The normalized spacial score (nSPS) is 24.2. The second-order valence-corrected chi connectivity index (χ2v) is 5.82. The second kappa shape index (κ2) is 5.96. The monoisotopic (exact) mass is 299 g/mol. The van der Waals surface area contributed by atoms with Crippen molar-refractivity contribution in [1.29, 1.82) is 0 Å². The fourth-order valence-electron chi connectivity index (χ4n) is 2.56. The van der Waals surface area contributed by atoms with Crippen LogP contribution in [0.4, 0.5) is 4.39 Å². The molecule has 1 aliphatic carbocycles. The summed E-state index contributed by atoms with van der Waals surface area (Å²) in [6.07, 6.45) is 5.05. The van der Waals surface area contributed by atoms with Crippen molar-refractivity contribution >= 4 is 15.9 Å². The molecule has 94 valence electrons. The van der Waals surface area contributed by atoms with Crippen LogP contribution in [-0.4, -0.2) is 6.04 Å². The first-order chi connectivity index (χ1) is 8.19. The molecule has 0 bridgehead atoms. The highest BCUT2D eigenvalue weighted by molar-refractivity contribution is 9.10. The lowest BCUT2D eigenvalue weighted by atomic mass is 10.1. The van der Waals surface area contributed by atoms with E-state index < -0.39 is 0 Å². The van der Waals surface area contributed by atoms with Crippen LogP contribution in [0.2, 0.25) is 0 Å². The molecule has 0 aliphatic heterocycles. The molecule has 1 saturated carbocycles. The van der Waals surface area contributed by atoms with Crippen molar-refractivity contribution in [3.05, 3.63) is 34.1 Å². The van der Waals surface area contributed by atoms with Crippen LogP contribution in [0.5, 0.6) is 0 Å². The number of rotatable bonds is 4. The van der Waals surface area contributed by atoms with Crippen molar-refractivity contribution < 1.29 is 4.39 Å². The summed E-state index contributed by atoms with van der Waals surface area (Å²) in [5.74, 6) is 0.741. The molecule has 1 aromatic carbocycles. The lowest BCUT2D eigenvalue weighted by molar-refractivity contribution is 0.471. The number of nitrogens with one attached hydrogen (secondary N) is 1. The van der Waals surface area contributed by atoms with Crippen LogP contribution in [0.15, 0.2) is 22.7 Å². The van der Waals surface area contributed by atoms with Crippen LogP contribution in [0, 0.1) is 11.7 Å². The van der Waals surface area contributed by atoms with E-state index in [4.69, 9.17) is 0 Å². The van der Waals surface area contributed by atoms with Gasteiger partial charge in [-0.1, -0.05) is 29.3 Å². The Morgan fingerprint density at radius 3 is 2.94 bits per heavy atom. The molecule has 3 heteroatoms. The summed E-state index contributed by atoms with van der Waals surface area (Å²) in [5.41, 5.74) is 0.749. The molecule has 0 saturated heterocycles. The first-order valence-electron chi connectivity index (χ1n) is 6.36. The van der Waals surface area contributed by atoms with Gasteiger partial charge in [0.25, 0.3) is 0 Å². The Labute approximate surface area is 111 Å². The van der Waals surface area contributed by atoms with Gasteiger partial charge in [0.05, 0.1) is 0 Å². The quantitative estimate of drug-likeness (QED) is 0.876. The maximum atomic E-state index is 13.5. The van der Waals surface area contributed by atoms with Gasteiger partial charge in [0.2, 0.25) is 0 Å². The van der Waals surface area contributed by atoms with Gasteiger partial charge in [0, 0.05) is 22.6 Å². The predicted molar refractivity (Wildman–Crippen MR) is 72.4 cm³/mol. The SMILES string of the molecule is CCC1CCC(NCc2cc(Br)ccc2F)C1. The van der Waals surface area contributed by atoms with E-state index in [0.717, 1.165) is 16.0 Å². The van der Waals surface area contributed by atoms with E-state index in [2.05, 4.69) is 28.2 Å². The van der Waals surface area contributed by atoms with Gasteiger partial charge in [0.15, 0.2) is 0 Å². The first-order valence-corrected chi connectivity index (χ1v) is 7.15. The van der Waals surface area contributed by atoms with Gasteiger partial charge in [-0.15, -0.1) is 0 Å². The van der Waals surface area contributed by atoms with Gasteiger partial charge >= 0.3 is 0 Å². The van der Waals surface area contributed by atoms with E-state index in [9.17, 15) is 4.39 Å². The molecule has 2 unspecified atom stereocenters. The minimum absolute atomic E-state index is 0.120. The summed E-state index contributed by atoms with van der Waals surface area (Å²) in [6, 6.07) is 5.68. The lowest BCUT2D eigenvalue weighted by Crippen LogP contribution is -2.26. The zero-order chi connectivity index (χ0) is 12.3. The van der Waals surface area contributed by atoms with Gasteiger partial charge < -0.3 is 5.32 Å². The van der Waals surface area contributed by atoms with E-state index in [-0.39, 0.29) is 5.82 Å². The highest BCUT2D eigenvalue weighted by Crippen LogP contribution is 2.28. The molecule has 2 rings (SSSR count). The van der Waals surface area contributed by atoms with Crippen molar-refractivity contribution in [3.63, 3.8) is 0 Å². The van der Waals surface area contributed by atoms with Crippen molar-refractivity contribution in [2.45, 2.75) is 45.2 Å². The Morgan fingerprint density at radius 1 is 1.41 bits per heavy atom. The van der Waals surface area contributed by atoms with Crippen molar-refractivity contribution in [1.82, 2.24) is 5.32 Å². The first kappa shape index (κ1) is 13.0. The predicted octanol–water partition coefficient (Wildman–Crippen LogP) is 4.26. The van der Waals surface area contributed by atoms with Crippen LogP contribution < -0.4 is 5.32 Å². The maximum Gasteiger partial charge on any atom is 0.127 e. The highest BCUT2D eigenvalue weighted by atomic mass is 79.9. The Morgan fingerprint density at radius 2 is 2.24 bits per heavy atom. The van der Waals surface area contributed by atoms with Crippen LogP contribution in [0.25, 0.3) is 0 Å². The molecular formula is C14H19BrFN. The third-order valence-corrected chi connectivity index (χ3v) is 4.20. The zero-order valence-corrected chi connectivity index (χ0v) is 11.8. The summed E-state index contributed by atoms with van der Waals surface area (Å²) in [5, 5.41) is 3.47. The Balaban J connectivity index is 1.88. The molecule has 1 nitrogen and oxygen atoms in total. The summed E-state index contributed by atoms with van der Waals surface area (Å²) >= 11 is 3.38. The molecule has 1 N–H and O–H groups in total. The molecule has 0 amide bonds. The molecule has 0 heterocycles. The second-order valence-electron chi connectivity index (χ2n) is 4.90. The number of hydrogen-bond donors (Lipinski definition) is 1. The largest absolute Gasteiger partial charge is 0.310 e. The molecular weight excluding hydrogens is 281 g/mol. The number of benzene rings is 1. The van der Waals surface area contributed by atoms with Crippen molar-refractivity contribution in [2.75, 3.05) is 0 Å². The van der Waals surface area contributed by atoms with Gasteiger partial charge in [-0.2, -0.15) is 0 Å². The van der Waals surface area contributed by atoms with Crippen LogP contribution in [0.3, 0.4) is 0 Å². The number of halogens is 2. The fraction of sp³-hybridized carbons (Fsp3) is 0.571. The summed E-state index contributed by atoms with van der Waals surface area (Å²) in [7, 11) is 0. The molecule has 2 atom stereocenters. The van der Waals surface area contributed by atoms with Gasteiger partial charge in [-0.25, -0.2) is 4.39 Å². The van der Waals surface area contributed by atoms with E-state index >= 15 is 0 Å². The van der Waals surface area contributed by atoms with E-state index in [1.54, 1.807) is 6.07 Å². The fourth-order valence-corrected chi connectivity index (χ4v) is 2.97. The Bertz CT molecular complexity index is 380. The topological polar surface area (TPSA) is 12.0 Å². The molecule has 1 aromatic rings.